The first kappa shape index (κ1) is 20.6. The van der Waals surface area contributed by atoms with Gasteiger partial charge in [-0.3, -0.25) is 4.79 Å². The van der Waals surface area contributed by atoms with Crippen molar-refractivity contribution in [1.82, 2.24) is 20.1 Å². The van der Waals surface area contributed by atoms with Gasteiger partial charge < -0.3 is 15.1 Å². The highest BCUT2D eigenvalue weighted by Crippen LogP contribution is 2.36. The lowest BCUT2D eigenvalue weighted by molar-refractivity contribution is -0.135. The Hall–Kier alpha value is -2.71. The molecule has 1 saturated heterocycles. The van der Waals surface area contributed by atoms with Crippen molar-refractivity contribution in [3.63, 3.8) is 0 Å². The maximum atomic E-state index is 15.6. The topological polar surface area (TPSA) is 65.5 Å². The van der Waals surface area contributed by atoms with Crippen LogP contribution in [0.4, 0.5) is 9.18 Å². The Kier molecular flexibility index (Phi) is 5.87. The summed E-state index contributed by atoms with van der Waals surface area (Å²) < 4.78 is 16.4. The molecule has 3 aromatic rings. The summed E-state index contributed by atoms with van der Waals surface area (Å²) in [6, 6.07) is 8.50. The third kappa shape index (κ3) is 3.97. The zero-order chi connectivity index (χ0) is 21.3. The summed E-state index contributed by atoms with van der Waals surface area (Å²) >= 11 is 7.54. The average molecular weight is 447 g/mol. The van der Waals surface area contributed by atoms with Crippen LogP contribution in [0.1, 0.15) is 12.5 Å². The monoisotopic (exact) mass is 446 g/mol. The van der Waals surface area contributed by atoms with Crippen LogP contribution in [0.5, 0.6) is 0 Å². The van der Waals surface area contributed by atoms with E-state index in [4.69, 9.17) is 11.6 Å². The van der Waals surface area contributed by atoms with Crippen LogP contribution in [0.3, 0.4) is 0 Å². The molecule has 0 bridgehead atoms. The molecule has 0 atom stereocenters. The Morgan fingerprint density at radius 3 is 2.90 bits per heavy atom. The van der Waals surface area contributed by atoms with E-state index in [0.29, 0.717) is 46.9 Å². The molecule has 9 heteroatoms. The molecular weight excluding hydrogens is 427 g/mol. The zero-order valence-electron chi connectivity index (χ0n) is 16.3. The highest BCUT2D eigenvalue weighted by Gasteiger charge is 2.28. The first-order chi connectivity index (χ1) is 14.5. The number of benzene rings is 2. The molecule has 0 spiro atoms. The van der Waals surface area contributed by atoms with E-state index in [-0.39, 0.29) is 25.0 Å². The number of amides is 3. The van der Waals surface area contributed by atoms with Crippen molar-refractivity contribution >= 4 is 45.1 Å². The summed E-state index contributed by atoms with van der Waals surface area (Å²) in [4.78, 5) is 32.0. The van der Waals surface area contributed by atoms with Crippen LogP contribution < -0.4 is 5.32 Å². The molecule has 30 heavy (non-hydrogen) atoms. The second kappa shape index (κ2) is 8.57. The smallest absolute Gasteiger partial charge is 0.317 e. The molecule has 2 aromatic carbocycles. The fraction of sp³-hybridized carbons (Fsp3) is 0.286. The molecule has 6 nitrogen and oxygen atoms in total. The molecule has 0 unspecified atom stereocenters. The molecule has 1 aromatic heterocycles. The lowest BCUT2D eigenvalue weighted by atomic mass is 10.00. The predicted molar refractivity (Wildman–Crippen MR) is 116 cm³/mol. The number of aromatic nitrogens is 1. The third-order valence-electron chi connectivity index (χ3n) is 5.05. The number of carbonyl (C=O) groups is 2. The third-order valence-corrected chi connectivity index (χ3v) is 6.06. The van der Waals surface area contributed by atoms with Crippen LogP contribution in [-0.2, 0) is 11.3 Å². The van der Waals surface area contributed by atoms with E-state index < -0.39 is 5.82 Å². The van der Waals surface area contributed by atoms with Crippen molar-refractivity contribution in [2.75, 3.05) is 26.2 Å². The summed E-state index contributed by atoms with van der Waals surface area (Å²) in [6.45, 7) is 3.20. The highest BCUT2D eigenvalue weighted by molar-refractivity contribution is 7.16. The SMILES string of the molecule is CCNC(=O)N1CCN(Cc2cc3scnc3c(-c3cccc(Cl)c3)c2F)C(=O)C1. The van der Waals surface area contributed by atoms with E-state index in [1.807, 2.05) is 6.92 Å². The second-order valence-electron chi connectivity index (χ2n) is 7.01. The van der Waals surface area contributed by atoms with Crippen molar-refractivity contribution < 1.29 is 14.0 Å². The number of fused-ring (bicyclic) bond motifs is 1. The van der Waals surface area contributed by atoms with E-state index in [2.05, 4.69) is 10.3 Å². The van der Waals surface area contributed by atoms with Crippen LogP contribution in [0, 0.1) is 5.82 Å². The standard InChI is InChI=1S/C21H20ClFN4O2S/c1-2-24-21(29)27-7-6-26(17(28)11-27)10-14-9-16-20(25-12-30-16)18(19(14)23)13-4-3-5-15(22)8-13/h3-5,8-9,12H,2,6-7,10-11H2,1H3,(H,24,29). The molecule has 4 rings (SSSR count). The van der Waals surface area contributed by atoms with Crippen LogP contribution in [0.2, 0.25) is 5.02 Å². The lowest BCUT2D eigenvalue weighted by Gasteiger charge is -2.34. The molecule has 1 aliphatic rings. The summed E-state index contributed by atoms with van der Waals surface area (Å²) in [5.41, 5.74) is 3.71. The fourth-order valence-electron chi connectivity index (χ4n) is 3.57. The molecule has 0 saturated carbocycles. The van der Waals surface area contributed by atoms with E-state index in [1.54, 1.807) is 40.7 Å². The maximum Gasteiger partial charge on any atom is 0.317 e. The number of thiazole rings is 1. The summed E-state index contributed by atoms with van der Waals surface area (Å²) in [7, 11) is 0. The maximum absolute atomic E-state index is 15.6. The van der Waals surface area contributed by atoms with Crippen molar-refractivity contribution in [2.45, 2.75) is 13.5 Å². The molecule has 2 heterocycles. The minimum atomic E-state index is -0.408. The van der Waals surface area contributed by atoms with Gasteiger partial charge in [-0.2, -0.15) is 0 Å². The summed E-state index contributed by atoms with van der Waals surface area (Å²) in [5, 5.41) is 3.21. The van der Waals surface area contributed by atoms with Gasteiger partial charge in [-0.05, 0) is 30.7 Å². The highest BCUT2D eigenvalue weighted by atomic mass is 35.5. The minimum Gasteiger partial charge on any atom is -0.338 e. The van der Waals surface area contributed by atoms with E-state index >= 15 is 4.39 Å². The average Bonchev–Trinajstić information content (AvgIpc) is 3.18. The minimum absolute atomic E-state index is 0.0165. The van der Waals surface area contributed by atoms with Gasteiger partial charge in [0.2, 0.25) is 5.91 Å². The molecule has 0 aliphatic carbocycles. The number of halogens is 2. The number of nitrogens with one attached hydrogen (secondary N) is 1. The van der Waals surface area contributed by atoms with E-state index in [9.17, 15) is 9.59 Å². The summed E-state index contributed by atoms with van der Waals surface area (Å²) in [5.74, 6) is -0.616. The van der Waals surface area contributed by atoms with Crippen LogP contribution >= 0.6 is 22.9 Å². The molecule has 1 N–H and O–H groups in total. The molecule has 3 amide bonds. The van der Waals surface area contributed by atoms with Crippen molar-refractivity contribution in [3.05, 3.63) is 52.2 Å². The van der Waals surface area contributed by atoms with Crippen LogP contribution in [0.15, 0.2) is 35.8 Å². The Morgan fingerprint density at radius 2 is 2.17 bits per heavy atom. The largest absolute Gasteiger partial charge is 0.338 e. The molecule has 1 aliphatic heterocycles. The van der Waals surface area contributed by atoms with Crippen molar-refractivity contribution in [1.29, 1.82) is 0 Å². The number of piperazine rings is 1. The van der Waals surface area contributed by atoms with Gasteiger partial charge >= 0.3 is 6.03 Å². The number of urea groups is 1. The second-order valence-corrected chi connectivity index (χ2v) is 8.33. The van der Waals surface area contributed by atoms with Crippen LogP contribution in [0.25, 0.3) is 21.3 Å². The fourth-order valence-corrected chi connectivity index (χ4v) is 4.51. The lowest BCUT2D eigenvalue weighted by Crippen LogP contribution is -2.54. The van der Waals surface area contributed by atoms with Gasteiger partial charge in [0, 0.05) is 42.3 Å². The van der Waals surface area contributed by atoms with Crippen LogP contribution in [-0.4, -0.2) is 52.9 Å². The number of hydrogen-bond acceptors (Lipinski definition) is 4. The predicted octanol–water partition coefficient (Wildman–Crippen LogP) is 4.13. The first-order valence-electron chi connectivity index (χ1n) is 9.59. The Morgan fingerprint density at radius 1 is 1.33 bits per heavy atom. The van der Waals surface area contributed by atoms with Gasteiger partial charge in [-0.15, -0.1) is 11.3 Å². The Labute approximate surface area is 182 Å². The van der Waals surface area contributed by atoms with E-state index in [1.165, 1.54) is 16.2 Å². The molecular formula is C21H20ClFN4O2S. The Balaban J connectivity index is 1.64. The van der Waals surface area contributed by atoms with Gasteiger partial charge in [-0.25, -0.2) is 14.2 Å². The zero-order valence-corrected chi connectivity index (χ0v) is 17.9. The summed E-state index contributed by atoms with van der Waals surface area (Å²) in [6.07, 6.45) is 0. The van der Waals surface area contributed by atoms with Gasteiger partial charge in [-0.1, -0.05) is 23.7 Å². The molecule has 156 valence electrons. The number of hydrogen-bond donors (Lipinski definition) is 1. The first-order valence-corrected chi connectivity index (χ1v) is 10.8. The van der Waals surface area contributed by atoms with Gasteiger partial charge in [0.15, 0.2) is 0 Å². The quantitative estimate of drug-likeness (QED) is 0.655. The molecule has 1 fully saturated rings. The number of nitrogens with zero attached hydrogens (tertiary/aromatic N) is 3. The molecule has 0 radical (unpaired) electrons. The van der Waals surface area contributed by atoms with E-state index in [0.717, 1.165) is 4.70 Å². The number of carbonyl (C=O) groups excluding carboxylic acids is 2. The van der Waals surface area contributed by atoms with Gasteiger partial charge in [0.1, 0.15) is 12.4 Å². The van der Waals surface area contributed by atoms with Gasteiger partial charge in [0.25, 0.3) is 0 Å². The van der Waals surface area contributed by atoms with Crippen molar-refractivity contribution in [3.8, 4) is 11.1 Å². The Bertz CT molecular complexity index is 1120. The van der Waals surface area contributed by atoms with Crippen molar-refractivity contribution in [2.24, 2.45) is 0 Å². The number of rotatable bonds is 4. The normalized spacial score (nSPS) is 14.4. The van der Waals surface area contributed by atoms with Gasteiger partial charge in [0.05, 0.1) is 15.7 Å².